The molecule has 124 valence electrons. The van der Waals surface area contributed by atoms with Crippen molar-refractivity contribution < 1.29 is 9.59 Å². The molecule has 2 N–H and O–H groups in total. The van der Waals surface area contributed by atoms with E-state index in [4.69, 9.17) is 23.2 Å². The van der Waals surface area contributed by atoms with Crippen molar-refractivity contribution in [1.29, 1.82) is 0 Å². The molecule has 24 heavy (non-hydrogen) atoms. The highest BCUT2D eigenvalue weighted by Gasteiger charge is 2.29. The zero-order valence-corrected chi connectivity index (χ0v) is 14.3. The summed E-state index contributed by atoms with van der Waals surface area (Å²) in [5.41, 5.74) is 2.04. The van der Waals surface area contributed by atoms with Gasteiger partial charge in [-0.2, -0.15) is 0 Å². The molecule has 1 aliphatic carbocycles. The van der Waals surface area contributed by atoms with E-state index in [2.05, 4.69) is 10.6 Å². The van der Waals surface area contributed by atoms with Gasteiger partial charge in [0.25, 0.3) is 5.91 Å². The molecule has 1 aliphatic rings. The van der Waals surface area contributed by atoms with Crippen molar-refractivity contribution >= 4 is 40.7 Å². The molecule has 0 spiro atoms. The summed E-state index contributed by atoms with van der Waals surface area (Å²) in [6, 6.07) is 12.1. The van der Waals surface area contributed by atoms with E-state index in [1.165, 1.54) is 0 Å². The second-order valence-electron chi connectivity index (χ2n) is 5.80. The van der Waals surface area contributed by atoms with Crippen LogP contribution >= 0.6 is 23.2 Å². The van der Waals surface area contributed by atoms with Crippen LogP contribution in [0.25, 0.3) is 0 Å². The van der Waals surface area contributed by atoms with Crippen LogP contribution in [0.3, 0.4) is 0 Å². The van der Waals surface area contributed by atoms with Gasteiger partial charge in [-0.1, -0.05) is 35.3 Å². The van der Waals surface area contributed by atoms with E-state index in [9.17, 15) is 9.59 Å². The topological polar surface area (TPSA) is 58.2 Å². The van der Waals surface area contributed by atoms with Gasteiger partial charge in [0.1, 0.15) is 0 Å². The summed E-state index contributed by atoms with van der Waals surface area (Å²) >= 11 is 11.8. The highest BCUT2D eigenvalue weighted by Crippen LogP contribution is 2.30. The first kappa shape index (κ1) is 16.8. The minimum absolute atomic E-state index is 0.0600. The Kier molecular flexibility index (Phi) is 5.07. The van der Waals surface area contributed by atoms with Crippen LogP contribution in [-0.2, 0) is 11.3 Å². The predicted molar refractivity (Wildman–Crippen MR) is 95.4 cm³/mol. The summed E-state index contributed by atoms with van der Waals surface area (Å²) in [4.78, 5) is 24.0. The van der Waals surface area contributed by atoms with Gasteiger partial charge in [-0.05, 0) is 48.7 Å². The monoisotopic (exact) mass is 362 g/mol. The lowest BCUT2D eigenvalue weighted by molar-refractivity contribution is -0.117. The van der Waals surface area contributed by atoms with E-state index in [1.54, 1.807) is 18.2 Å². The molecule has 3 rings (SSSR count). The van der Waals surface area contributed by atoms with Crippen molar-refractivity contribution in [2.75, 3.05) is 5.32 Å². The van der Waals surface area contributed by atoms with Crippen molar-refractivity contribution in [2.45, 2.75) is 19.4 Å². The number of carbonyl (C=O) groups is 2. The van der Waals surface area contributed by atoms with Gasteiger partial charge >= 0.3 is 0 Å². The number of carbonyl (C=O) groups excluding carboxylic acids is 2. The Labute approximate surface area is 150 Å². The van der Waals surface area contributed by atoms with E-state index in [0.29, 0.717) is 22.2 Å². The Morgan fingerprint density at radius 1 is 1.04 bits per heavy atom. The van der Waals surface area contributed by atoms with Crippen LogP contribution < -0.4 is 10.6 Å². The highest BCUT2D eigenvalue weighted by molar-refractivity contribution is 6.35. The molecule has 0 heterocycles. The second kappa shape index (κ2) is 7.24. The third kappa shape index (κ3) is 4.49. The van der Waals surface area contributed by atoms with Crippen LogP contribution in [0, 0.1) is 5.92 Å². The lowest BCUT2D eigenvalue weighted by Crippen LogP contribution is -2.23. The third-order valence-electron chi connectivity index (χ3n) is 3.72. The summed E-state index contributed by atoms with van der Waals surface area (Å²) in [6.45, 7) is 0.343. The normalized spacial score (nSPS) is 13.4. The van der Waals surface area contributed by atoms with Gasteiger partial charge in [-0.25, -0.2) is 0 Å². The summed E-state index contributed by atoms with van der Waals surface area (Å²) < 4.78 is 0. The molecule has 2 aromatic carbocycles. The molecule has 0 saturated heterocycles. The predicted octanol–water partition coefficient (Wildman–Crippen LogP) is 4.27. The van der Waals surface area contributed by atoms with Crippen LogP contribution in [0.4, 0.5) is 5.69 Å². The van der Waals surface area contributed by atoms with Crippen molar-refractivity contribution in [2.24, 2.45) is 5.92 Å². The lowest BCUT2D eigenvalue weighted by Gasteiger charge is -2.09. The van der Waals surface area contributed by atoms with Crippen LogP contribution in [0.1, 0.15) is 28.8 Å². The molecule has 1 saturated carbocycles. The fourth-order valence-electron chi connectivity index (χ4n) is 2.32. The molecule has 0 radical (unpaired) electrons. The Hall–Kier alpha value is -2.04. The molecule has 1 fully saturated rings. The van der Waals surface area contributed by atoms with Crippen molar-refractivity contribution in [1.82, 2.24) is 5.32 Å². The largest absolute Gasteiger partial charge is 0.348 e. The van der Waals surface area contributed by atoms with E-state index >= 15 is 0 Å². The third-order valence-corrected chi connectivity index (χ3v) is 4.16. The second-order valence-corrected chi connectivity index (χ2v) is 6.68. The van der Waals surface area contributed by atoms with Crippen LogP contribution in [-0.4, -0.2) is 11.8 Å². The Morgan fingerprint density at radius 2 is 1.75 bits per heavy atom. The Balaban J connectivity index is 1.61. The first-order chi connectivity index (χ1) is 11.5. The molecule has 0 aromatic heterocycles. The molecule has 2 amide bonds. The molecule has 6 heteroatoms. The number of amides is 2. The zero-order valence-electron chi connectivity index (χ0n) is 12.8. The maximum atomic E-state index is 12.2. The quantitative estimate of drug-likeness (QED) is 0.834. The number of nitrogens with one attached hydrogen (secondary N) is 2. The van der Waals surface area contributed by atoms with Crippen LogP contribution in [0.2, 0.25) is 10.0 Å². The number of hydrogen-bond donors (Lipinski definition) is 2. The first-order valence-electron chi connectivity index (χ1n) is 7.65. The summed E-state index contributed by atoms with van der Waals surface area (Å²) in [7, 11) is 0. The van der Waals surface area contributed by atoms with Crippen LogP contribution in [0.15, 0.2) is 42.5 Å². The standard InChI is InChI=1S/C18H16Cl2N2O2/c19-14-7-13(8-15(20)9-14)17(23)21-10-11-2-1-3-16(6-11)22-18(24)12-4-5-12/h1-3,6-9,12H,4-5,10H2,(H,21,23)(H,22,24). The van der Waals surface area contributed by atoms with E-state index in [0.717, 1.165) is 24.1 Å². The van der Waals surface area contributed by atoms with Gasteiger partial charge < -0.3 is 10.6 Å². The van der Waals surface area contributed by atoms with Gasteiger partial charge in [0.15, 0.2) is 0 Å². The lowest BCUT2D eigenvalue weighted by atomic mass is 10.1. The van der Waals surface area contributed by atoms with E-state index < -0.39 is 0 Å². The van der Waals surface area contributed by atoms with E-state index in [-0.39, 0.29) is 17.7 Å². The highest BCUT2D eigenvalue weighted by atomic mass is 35.5. The first-order valence-corrected chi connectivity index (χ1v) is 8.41. The fraction of sp³-hybridized carbons (Fsp3) is 0.222. The SMILES string of the molecule is O=C(NCc1cccc(NC(=O)C2CC2)c1)c1cc(Cl)cc(Cl)c1. The number of rotatable bonds is 5. The molecule has 0 atom stereocenters. The molecular formula is C18H16Cl2N2O2. The molecular weight excluding hydrogens is 347 g/mol. The molecule has 0 bridgehead atoms. The maximum absolute atomic E-state index is 12.2. The molecule has 0 aliphatic heterocycles. The van der Waals surface area contributed by atoms with Crippen molar-refractivity contribution in [3.8, 4) is 0 Å². The number of benzene rings is 2. The van der Waals surface area contributed by atoms with Crippen LogP contribution in [0.5, 0.6) is 0 Å². The van der Waals surface area contributed by atoms with Gasteiger partial charge in [-0.3, -0.25) is 9.59 Å². The fourth-order valence-corrected chi connectivity index (χ4v) is 2.84. The summed E-state index contributed by atoms with van der Waals surface area (Å²) in [5.74, 6) is -0.0440. The van der Waals surface area contributed by atoms with Gasteiger partial charge in [-0.15, -0.1) is 0 Å². The van der Waals surface area contributed by atoms with Crippen molar-refractivity contribution in [3.63, 3.8) is 0 Å². The molecule has 4 nitrogen and oxygen atoms in total. The summed E-state index contributed by atoms with van der Waals surface area (Å²) in [5, 5.41) is 6.54. The minimum atomic E-state index is -0.258. The van der Waals surface area contributed by atoms with E-state index in [1.807, 2.05) is 24.3 Å². The maximum Gasteiger partial charge on any atom is 0.251 e. The average Bonchev–Trinajstić information content (AvgIpc) is 3.37. The average molecular weight is 363 g/mol. The Morgan fingerprint density at radius 3 is 2.42 bits per heavy atom. The molecule has 0 unspecified atom stereocenters. The number of anilines is 1. The number of halogens is 2. The summed E-state index contributed by atoms with van der Waals surface area (Å²) in [6.07, 6.45) is 1.92. The van der Waals surface area contributed by atoms with Gasteiger partial charge in [0, 0.05) is 33.8 Å². The van der Waals surface area contributed by atoms with Gasteiger partial charge in [0.2, 0.25) is 5.91 Å². The van der Waals surface area contributed by atoms with Gasteiger partial charge in [0.05, 0.1) is 0 Å². The Bertz CT molecular complexity index is 768. The minimum Gasteiger partial charge on any atom is -0.348 e. The molecule has 2 aromatic rings. The number of hydrogen-bond acceptors (Lipinski definition) is 2. The smallest absolute Gasteiger partial charge is 0.251 e. The zero-order chi connectivity index (χ0) is 17.1. The van der Waals surface area contributed by atoms with Crippen molar-refractivity contribution in [3.05, 3.63) is 63.6 Å².